The third-order valence-electron chi connectivity index (χ3n) is 4.32. The summed E-state index contributed by atoms with van der Waals surface area (Å²) in [5, 5.41) is 0. The Morgan fingerprint density at radius 2 is 1.75 bits per heavy atom. The molecule has 2 aromatic rings. The number of amides is 2. The van der Waals surface area contributed by atoms with Crippen LogP contribution in [0, 0.1) is 12.8 Å². The minimum atomic E-state index is -0.0473. The number of thiophene rings is 1. The SMILES string of the molecule is C=CCN(CC(=O)N(Cc1ccccc1)Cc1ccc(C)s1)C(=O)CC(C)C. The summed E-state index contributed by atoms with van der Waals surface area (Å²) in [5.74, 6) is 0.202. The van der Waals surface area contributed by atoms with Crippen molar-refractivity contribution in [2.75, 3.05) is 13.1 Å². The van der Waals surface area contributed by atoms with E-state index in [0.717, 1.165) is 10.4 Å². The van der Waals surface area contributed by atoms with Crippen molar-refractivity contribution in [3.05, 3.63) is 70.4 Å². The highest BCUT2D eigenvalue weighted by molar-refractivity contribution is 7.11. The highest BCUT2D eigenvalue weighted by atomic mass is 32.1. The zero-order chi connectivity index (χ0) is 20.5. The summed E-state index contributed by atoms with van der Waals surface area (Å²) in [6.07, 6.45) is 2.11. The number of carbonyl (C=O) groups is 2. The molecule has 0 spiro atoms. The quantitative estimate of drug-likeness (QED) is 0.547. The van der Waals surface area contributed by atoms with Crippen LogP contribution in [0.3, 0.4) is 0 Å². The zero-order valence-corrected chi connectivity index (χ0v) is 17.9. The molecule has 2 rings (SSSR count). The minimum Gasteiger partial charge on any atom is -0.332 e. The average molecular weight is 399 g/mol. The molecule has 150 valence electrons. The fourth-order valence-corrected chi connectivity index (χ4v) is 3.85. The Hall–Kier alpha value is -2.40. The molecule has 0 saturated heterocycles. The first-order valence-electron chi connectivity index (χ1n) is 9.64. The lowest BCUT2D eigenvalue weighted by Gasteiger charge is -2.27. The molecule has 28 heavy (non-hydrogen) atoms. The molecule has 0 aliphatic carbocycles. The molecule has 1 aromatic carbocycles. The van der Waals surface area contributed by atoms with Crippen molar-refractivity contribution in [2.24, 2.45) is 5.92 Å². The second kappa shape index (κ2) is 10.8. The molecule has 0 atom stereocenters. The van der Waals surface area contributed by atoms with Gasteiger partial charge in [0, 0.05) is 29.3 Å². The fraction of sp³-hybridized carbons (Fsp3) is 0.391. The van der Waals surface area contributed by atoms with Gasteiger partial charge in [-0.15, -0.1) is 17.9 Å². The van der Waals surface area contributed by atoms with E-state index in [9.17, 15) is 9.59 Å². The van der Waals surface area contributed by atoms with Crippen molar-refractivity contribution in [2.45, 2.75) is 40.3 Å². The van der Waals surface area contributed by atoms with Gasteiger partial charge in [0.25, 0.3) is 0 Å². The van der Waals surface area contributed by atoms with Gasteiger partial charge in [-0.2, -0.15) is 0 Å². The molecule has 4 nitrogen and oxygen atoms in total. The second-order valence-electron chi connectivity index (χ2n) is 7.41. The summed E-state index contributed by atoms with van der Waals surface area (Å²) in [7, 11) is 0. The smallest absolute Gasteiger partial charge is 0.242 e. The Morgan fingerprint density at radius 1 is 1.04 bits per heavy atom. The van der Waals surface area contributed by atoms with E-state index >= 15 is 0 Å². The Balaban J connectivity index is 2.15. The van der Waals surface area contributed by atoms with Crippen LogP contribution < -0.4 is 0 Å². The molecule has 0 unspecified atom stereocenters. The predicted molar refractivity (Wildman–Crippen MR) is 116 cm³/mol. The van der Waals surface area contributed by atoms with E-state index in [-0.39, 0.29) is 24.3 Å². The molecule has 0 saturated carbocycles. The number of benzene rings is 1. The van der Waals surface area contributed by atoms with E-state index in [1.807, 2.05) is 49.1 Å². The van der Waals surface area contributed by atoms with Gasteiger partial charge in [0.1, 0.15) is 6.54 Å². The summed E-state index contributed by atoms with van der Waals surface area (Å²) in [5.41, 5.74) is 1.08. The van der Waals surface area contributed by atoms with Crippen LogP contribution in [0.1, 0.15) is 35.6 Å². The molecule has 0 bridgehead atoms. The largest absolute Gasteiger partial charge is 0.332 e. The van der Waals surface area contributed by atoms with Gasteiger partial charge in [-0.1, -0.05) is 50.3 Å². The lowest BCUT2D eigenvalue weighted by atomic mass is 10.1. The molecule has 1 aromatic heterocycles. The Bertz CT molecular complexity index is 783. The monoisotopic (exact) mass is 398 g/mol. The number of hydrogen-bond acceptors (Lipinski definition) is 3. The maximum atomic E-state index is 13.1. The highest BCUT2D eigenvalue weighted by Crippen LogP contribution is 2.19. The van der Waals surface area contributed by atoms with Crippen LogP contribution in [0.4, 0.5) is 0 Å². The van der Waals surface area contributed by atoms with Crippen LogP contribution >= 0.6 is 11.3 Å². The number of carbonyl (C=O) groups excluding carboxylic acids is 2. The van der Waals surface area contributed by atoms with Crippen molar-refractivity contribution in [3.8, 4) is 0 Å². The number of rotatable bonds is 10. The Labute approximate surface area is 172 Å². The van der Waals surface area contributed by atoms with Gasteiger partial charge in [-0.05, 0) is 30.5 Å². The first kappa shape index (κ1) is 21.9. The van der Waals surface area contributed by atoms with Gasteiger partial charge in [0.15, 0.2) is 0 Å². The van der Waals surface area contributed by atoms with Crippen LogP contribution in [0.15, 0.2) is 55.1 Å². The predicted octanol–water partition coefficient (Wildman–Crippen LogP) is 4.65. The maximum Gasteiger partial charge on any atom is 0.242 e. The van der Waals surface area contributed by atoms with E-state index < -0.39 is 0 Å². The van der Waals surface area contributed by atoms with Gasteiger partial charge >= 0.3 is 0 Å². The summed E-state index contributed by atoms with van der Waals surface area (Å²) in [6.45, 7) is 11.3. The number of hydrogen-bond donors (Lipinski definition) is 0. The van der Waals surface area contributed by atoms with Crippen LogP contribution in [0.5, 0.6) is 0 Å². The van der Waals surface area contributed by atoms with Crippen molar-refractivity contribution >= 4 is 23.2 Å². The van der Waals surface area contributed by atoms with E-state index in [2.05, 4.69) is 25.6 Å². The average Bonchev–Trinajstić information content (AvgIpc) is 3.06. The first-order chi connectivity index (χ1) is 13.4. The zero-order valence-electron chi connectivity index (χ0n) is 17.1. The van der Waals surface area contributed by atoms with E-state index in [1.54, 1.807) is 22.3 Å². The standard InChI is InChI=1S/C23H30N2O2S/c1-5-13-24(22(26)14-18(2)3)17-23(27)25(15-20-9-7-6-8-10-20)16-21-12-11-19(4)28-21/h5-12,18H,1,13-17H2,2-4H3. The summed E-state index contributed by atoms with van der Waals surface area (Å²) in [6, 6.07) is 14.1. The maximum absolute atomic E-state index is 13.1. The van der Waals surface area contributed by atoms with Gasteiger partial charge < -0.3 is 9.80 Å². The van der Waals surface area contributed by atoms with E-state index in [0.29, 0.717) is 26.1 Å². The number of aryl methyl sites for hydroxylation is 1. The number of nitrogens with zero attached hydrogens (tertiary/aromatic N) is 2. The summed E-state index contributed by atoms with van der Waals surface area (Å²) in [4.78, 5) is 31.5. The normalized spacial score (nSPS) is 10.7. The first-order valence-corrected chi connectivity index (χ1v) is 10.5. The third-order valence-corrected chi connectivity index (χ3v) is 5.31. The van der Waals surface area contributed by atoms with Crippen molar-refractivity contribution in [3.63, 3.8) is 0 Å². The molecule has 1 heterocycles. The van der Waals surface area contributed by atoms with Crippen LogP contribution in [0.2, 0.25) is 0 Å². The lowest BCUT2D eigenvalue weighted by Crippen LogP contribution is -2.42. The van der Waals surface area contributed by atoms with E-state index in [1.165, 1.54) is 4.88 Å². The lowest BCUT2D eigenvalue weighted by molar-refractivity contribution is -0.141. The summed E-state index contributed by atoms with van der Waals surface area (Å²) >= 11 is 1.70. The van der Waals surface area contributed by atoms with Crippen molar-refractivity contribution < 1.29 is 9.59 Å². The van der Waals surface area contributed by atoms with Crippen LogP contribution in [0.25, 0.3) is 0 Å². The second-order valence-corrected chi connectivity index (χ2v) is 8.78. The van der Waals surface area contributed by atoms with Crippen molar-refractivity contribution in [1.82, 2.24) is 9.80 Å². The highest BCUT2D eigenvalue weighted by Gasteiger charge is 2.22. The van der Waals surface area contributed by atoms with Gasteiger partial charge in [0.05, 0.1) is 6.54 Å². The molecular formula is C23H30N2O2S. The molecular weight excluding hydrogens is 368 g/mol. The molecule has 0 radical (unpaired) electrons. The van der Waals surface area contributed by atoms with Crippen molar-refractivity contribution in [1.29, 1.82) is 0 Å². The molecule has 0 aliphatic rings. The summed E-state index contributed by atoms with van der Waals surface area (Å²) < 4.78 is 0. The van der Waals surface area contributed by atoms with Gasteiger partial charge in [0.2, 0.25) is 11.8 Å². The Kier molecular flexibility index (Phi) is 8.45. The topological polar surface area (TPSA) is 40.6 Å². The van der Waals surface area contributed by atoms with Crippen LogP contribution in [-0.4, -0.2) is 34.7 Å². The minimum absolute atomic E-state index is 0.00474. The molecule has 0 fully saturated rings. The fourth-order valence-electron chi connectivity index (χ4n) is 2.95. The molecule has 0 N–H and O–H groups in total. The van der Waals surface area contributed by atoms with Gasteiger partial charge in [-0.25, -0.2) is 0 Å². The van der Waals surface area contributed by atoms with Crippen LogP contribution in [-0.2, 0) is 22.7 Å². The van der Waals surface area contributed by atoms with E-state index in [4.69, 9.17) is 0 Å². The molecule has 5 heteroatoms. The third kappa shape index (κ3) is 6.97. The van der Waals surface area contributed by atoms with Gasteiger partial charge in [-0.3, -0.25) is 9.59 Å². The molecule has 0 aliphatic heterocycles. The Morgan fingerprint density at radius 3 is 2.32 bits per heavy atom. The molecule has 2 amide bonds.